The van der Waals surface area contributed by atoms with E-state index in [0.29, 0.717) is 0 Å². The molecule has 1 nitrogen and oxygen atoms in total. The molecule has 0 radical (unpaired) electrons. The highest BCUT2D eigenvalue weighted by molar-refractivity contribution is 6.91. The zero-order valence-corrected chi connectivity index (χ0v) is 13.9. The number of nitrogens with zero attached hydrogens (tertiary/aromatic N) is 1. The summed E-state index contributed by atoms with van der Waals surface area (Å²) in [6, 6.07) is 11.2. The minimum Gasteiger partial charge on any atom is -0.325 e. The Morgan fingerprint density at radius 1 is 0.944 bits per heavy atom. The summed E-state index contributed by atoms with van der Waals surface area (Å²) in [6.45, 7) is 9.57. The Morgan fingerprint density at radius 2 is 1.39 bits per heavy atom. The van der Waals surface area contributed by atoms with Crippen molar-refractivity contribution in [2.75, 3.05) is 14.1 Å². The minimum absolute atomic E-state index is 0.782. The monoisotopic (exact) mass is 263 g/mol. The van der Waals surface area contributed by atoms with Crippen LogP contribution in [-0.4, -0.2) is 26.9 Å². The van der Waals surface area contributed by atoms with E-state index >= 15 is 0 Å². The molecule has 2 atom stereocenters. The quantitative estimate of drug-likeness (QED) is 0.701. The molecule has 0 aliphatic heterocycles. The van der Waals surface area contributed by atoms with E-state index in [1.165, 1.54) is 12.8 Å². The van der Waals surface area contributed by atoms with Gasteiger partial charge < -0.3 is 4.57 Å². The van der Waals surface area contributed by atoms with Gasteiger partial charge in [0.15, 0.2) is 8.24 Å². The van der Waals surface area contributed by atoms with Gasteiger partial charge in [-0.2, -0.15) is 0 Å². The Hall–Kier alpha value is -0.603. The predicted molar refractivity (Wildman–Crippen MR) is 84.9 cm³/mol. The summed E-state index contributed by atoms with van der Waals surface area (Å²) in [4.78, 5) is 0. The third kappa shape index (κ3) is 2.55. The van der Waals surface area contributed by atoms with Crippen LogP contribution in [-0.2, 0) is 0 Å². The summed E-state index contributed by atoms with van der Waals surface area (Å²) in [5.41, 5.74) is 1.56. The molecule has 0 fully saturated rings. The van der Waals surface area contributed by atoms with Gasteiger partial charge in [0, 0.05) is 0 Å². The van der Waals surface area contributed by atoms with Crippen molar-refractivity contribution < 1.29 is 0 Å². The topological polar surface area (TPSA) is 3.24 Å². The summed E-state index contributed by atoms with van der Waals surface area (Å²) in [5.74, 6) is 0. The molecule has 0 saturated heterocycles. The van der Waals surface area contributed by atoms with E-state index in [2.05, 4.69) is 76.7 Å². The number of rotatable bonds is 6. The van der Waals surface area contributed by atoms with Gasteiger partial charge >= 0.3 is 0 Å². The summed E-state index contributed by atoms with van der Waals surface area (Å²) >= 11 is 0. The summed E-state index contributed by atoms with van der Waals surface area (Å²) in [6.07, 6.45) is 2.53. The zero-order chi connectivity index (χ0) is 13.8. The average Bonchev–Trinajstić information content (AvgIpc) is 2.39. The molecule has 0 aliphatic rings. The lowest BCUT2D eigenvalue weighted by Gasteiger charge is -2.47. The van der Waals surface area contributed by atoms with Crippen molar-refractivity contribution in [2.24, 2.45) is 0 Å². The van der Waals surface area contributed by atoms with Crippen LogP contribution in [0.2, 0.25) is 11.1 Å². The molecular formula is C16H29NSi. The van der Waals surface area contributed by atoms with Crippen molar-refractivity contribution in [2.45, 2.75) is 51.6 Å². The third-order valence-electron chi connectivity index (χ3n) is 4.70. The van der Waals surface area contributed by atoms with E-state index in [1.54, 1.807) is 5.19 Å². The molecule has 0 aromatic heterocycles. The Balaban J connectivity index is 3.39. The fraction of sp³-hybridized carbons (Fsp3) is 0.625. The van der Waals surface area contributed by atoms with Crippen molar-refractivity contribution in [3.05, 3.63) is 30.3 Å². The van der Waals surface area contributed by atoms with Gasteiger partial charge in [-0.05, 0) is 30.4 Å². The van der Waals surface area contributed by atoms with E-state index in [9.17, 15) is 0 Å². The SMILES string of the molecule is CCC(C)[Si](c1ccccc1)(C(C)CC)N(C)C. The molecule has 0 bridgehead atoms. The first-order chi connectivity index (χ1) is 8.51. The highest BCUT2D eigenvalue weighted by atomic mass is 28.3. The first-order valence-corrected chi connectivity index (χ1v) is 9.34. The van der Waals surface area contributed by atoms with Crippen LogP contribution in [0.5, 0.6) is 0 Å². The first kappa shape index (κ1) is 15.5. The molecule has 102 valence electrons. The smallest absolute Gasteiger partial charge is 0.165 e. The van der Waals surface area contributed by atoms with Gasteiger partial charge in [-0.25, -0.2) is 0 Å². The molecule has 1 aromatic carbocycles. The standard InChI is InChI=1S/C16H29NSi/c1-7-14(3)18(17(5)6,15(4)8-2)16-12-10-9-11-13-16/h9-15H,7-8H2,1-6H3. The molecule has 1 rings (SSSR count). The molecule has 1 aromatic rings. The molecule has 0 saturated carbocycles. The van der Waals surface area contributed by atoms with Crippen molar-refractivity contribution >= 4 is 13.4 Å². The van der Waals surface area contributed by atoms with E-state index in [-0.39, 0.29) is 0 Å². The molecule has 0 heterocycles. The van der Waals surface area contributed by atoms with Gasteiger partial charge in [0.05, 0.1) is 0 Å². The van der Waals surface area contributed by atoms with Gasteiger partial charge in [0.1, 0.15) is 0 Å². The average molecular weight is 264 g/mol. The highest BCUT2D eigenvalue weighted by Crippen LogP contribution is 2.37. The van der Waals surface area contributed by atoms with Gasteiger partial charge in [-0.15, -0.1) is 0 Å². The maximum atomic E-state index is 2.57. The Morgan fingerprint density at radius 3 is 1.72 bits per heavy atom. The predicted octanol–water partition coefficient (Wildman–Crippen LogP) is 4.00. The number of hydrogen-bond donors (Lipinski definition) is 0. The second kappa shape index (κ2) is 6.53. The largest absolute Gasteiger partial charge is 0.325 e. The minimum atomic E-state index is -1.62. The van der Waals surface area contributed by atoms with Crippen molar-refractivity contribution in [1.29, 1.82) is 0 Å². The maximum absolute atomic E-state index is 2.57. The van der Waals surface area contributed by atoms with E-state index in [0.717, 1.165) is 11.1 Å². The highest BCUT2D eigenvalue weighted by Gasteiger charge is 2.46. The van der Waals surface area contributed by atoms with Crippen LogP contribution in [0.3, 0.4) is 0 Å². The van der Waals surface area contributed by atoms with Crippen LogP contribution >= 0.6 is 0 Å². The van der Waals surface area contributed by atoms with Gasteiger partial charge in [0.25, 0.3) is 0 Å². The molecule has 2 heteroatoms. The molecular weight excluding hydrogens is 234 g/mol. The fourth-order valence-corrected chi connectivity index (χ4v) is 9.88. The van der Waals surface area contributed by atoms with E-state index < -0.39 is 8.24 Å². The van der Waals surface area contributed by atoms with Crippen LogP contribution in [0.15, 0.2) is 30.3 Å². The Kier molecular flexibility index (Phi) is 5.61. The second-order valence-corrected chi connectivity index (χ2v) is 10.8. The lowest BCUT2D eigenvalue weighted by atomic mass is 10.3. The molecule has 2 unspecified atom stereocenters. The third-order valence-corrected chi connectivity index (χ3v) is 11.3. The van der Waals surface area contributed by atoms with Crippen LogP contribution in [0, 0.1) is 0 Å². The first-order valence-electron chi connectivity index (χ1n) is 7.24. The zero-order valence-electron chi connectivity index (χ0n) is 12.9. The molecule has 0 spiro atoms. The van der Waals surface area contributed by atoms with Gasteiger partial charge in [0.2, 0.25) is 0 Å². The van der Waals surface area contributed by atoms with Crippen LogP contribution in [0.25, 0.3) is 0 Å². The maximum Gasteiger partial charge on any atom is 0.165 e. The molecule has 18 heavy (non-hydrogen) atoms. The van der Waals surface area contributed by atoms with Crippen molar-refractivity contribution in [3.8, 4) is 0 Å². The van der Waals surface area contributed by atoms with Crippen molar-refractivity contribution in [1.82, 2.24) is 4.57 Å². The normalized spacial score (nSPS) is 18.4. The van der Waals surface area contributed by atoms with Crippen molar-refractivity contribution in [3.63, 3.8) is 0 Å². The summed E-state index contributed by atoms with van der Waals surface area (Å²) < 4.78 is 2.57. The number of benzene rings is 1. The fourth-order valence-electron chi connectivity index (χ4n) is 3.52. The Labute approximate surface area is 114 Å². The van der Waals surface area contributed by atoms with E-state index in [1.807, 2.05) is 0 Å². The van der Waals surface area contributed by atoms with Crippen LogP contribution < -0.4 is 5.19 Å². The lowest BCUT2D eigenvalue weighted by molar-refractivity contribution is 0.558. The van der Waals surface area contributed by atoms with Gasteiger partial charge in [-0.1, -0.05) is 70.9 Å². The molecule has 0 N–H and O–H groups in total. The molecule has 0 amide bonds. The molecule has 0 aliphatic carbocycles. The summed E-state index contributed by atoms with van der Waals surface area (Å²) in [7, 11) is 2.96. The van der Waals surface area contributed by atoms with Crippen LogP contribution in [0.1, 0.15) is 40.5 Å². The summed E-state index contributed by atoms with van der Waals surface area (Å²) in [5, 5.41) is 1.60. The Bertz CT molecular complexity index is 337. The van der Waals surface area contributed by atoms with Gasteiger partial charge in [-0.3, -0.25) is 0 Å². The van der Waals surface area contributed by atoms with E-state index in [4.69, 9.17) is 0 Å². The lowest BCUT2D eigenvalue weighted by Crippen LogP contribution is -2.64. The second-order valence-electron chi connectivity index (χ2n) is 5.70. The van der Waals surface area contributed by atoms with Crippen LogP contribution in [0.4, 0.5) is 0 Å². The number of hydrogen-bond acceptors (Lipinski definition) is 1.